The van der Waals surface area contributed by atoms with Crippen LogP contribution in [0.15, 0.2) is 18.2 Å². The molecule has 1 aromatic rings. The maximum absolute atomic E-state index is 12.3. The molecule has 0 unspecified atom stereocenters. The Morgan fingerprint density at radius 3 is 2.42 bits per heavy atom. The normalized spacial score (nSPS) is 11.7. The first kappa shape index (κ1) is 15.7. The Labute approximate surface area is 116 Å². The molecule has 0 aliphatic rings. The van der Waals surface area contributed by atoms with E-state index in [0.29, 0.717) is 23.9 Å². The lowest BCUT2D eigenvalue weighted by atomic mass is 9.85. The molecule has 0 heterocycles. The number of methoxy groups -OCH3 is 1. The maximum Gasteiger partial charge on any atom is 0.180 e. The molecule has 3 heteroatoms. The van der Waals surface area contributed by atoms with Crippen molar-refractivity contribution in [3.05, 3.63) is 29.3 Å². The van der Waals surface area contributed by atoms with E-state index < -0.39 is 0 Å². The van der Waals surface area contributed by atoms with Crippen LogP contribution in [0, 0.1) is 0 Å². The highest BCUT2D eigenvalue weighted by Gasteiger charge is 2.19. The number of hydrogen-bond donors (Lipinski definition) is 1. The second-order valence-electron chi connectivity index (χ2n) is 6.12. The second-order valence-corrected chi connectivity index (χ2v) is 6.12. The standard InChI is InChI=1S/C16H25NO2/c1-11(2)17-10-14(18)13-9-12(16(3,4)5)7-8-15(13)19-6/h7-9,11,17H,10H2,1-6H3. The fraction of sp³-hybridized carbons (Fsp3) is 0.562. The molecule has 106 valence electrons. The highest BCUT2D eigenvalue weighted by atomic mass is 16.5. The Balaban J connectivity index is 3.05. The van der Waals surface area contributed by atoms with Crippen LogP contribution in [0.5, 0.6) is 5.75 Å². The summed E-state index contributed by atoms with van der Waals surface area (Å²) in [6, 6.07) is 6.14. The van der Waals surface area contributed by atoms with E-state index in [1.165, 1.54) is 0 Å². The average Bonchev–Trinajstić information content (AvgIpc) is 2.33. The number of ether oxygens (including phenoxy) is 1. The molecule has 3 nitrogen and oxygen atoms in total. The molecule has 1 rings (SSSR count). The summed E-state index contributed by atoms with van der Waals surface area (Å²) < 4.78 is 5.29. The maximum atomic E-state index is 12.3. The van der Waals surface area contributed by atoms with E-state index in [2.05, 4.69) is 26.1 Å². The summed E-state index contributed by atoms with van der Waals surface area (Å²) in [5.74, 6) is 0.709. The van der Waals surface area contributed by atoms with Crippen molar-refractivity contribution in [3.8, 4) is 5.75 Å². The van der Waals surface area contributed by atoms with Crippen LogP contribution in [0.3, 0.4) is 0 Å². The minimum absolute atomic E-state index is 0.0206. The Morgan fingerprint density at radius 1 is 1.32 bits per heavy atom. The zero-order valence-corrected chi connectivity index (χ0v) is 12.8. The van der Waals surface area contributed by atoms with Crippen molar-refractivity contribution in [3.63, 3.8) is 0 Å². The van der Waals surface area contributed by atoms with E-state index in [1.54, 1.807) is 7.11 Å². The van der Waals surface area contributed by atoms with Crippen LogP contribution in [0.2, 0.25) is 0 Å². The topological polar surface area (TPSA) is 38.3 Å². The fourth-order valence-electron chi connectivity index (χ4n) is 1.78. The van der Waals surface area contributed by atoms with Gasteiger partial charge in [0.15, 0.2) is 5.78 Å². The van der Waals surface area contributed by atoms with E-state index in [0.717, 1.165) is 5.56 Å². The summed E-state index contributed by atoms with van der Waals surface area (Å²) in [6.07, 6.45) is 0. The molecule has 0 atom stereocenters. The quantitative estimate of drug-likeness (QED) is 0.829. The van der Waals surface area contributed by atoms with E-state index in [9.17, 15) is 4.79 Å². The van der Waals surface area contributed by atoms with Crippen LogP contribution in [-0.2, 0) is 5.41 Å². The third kappa shape index (κ3) is 4.35. The van der Waals surface area contributed by atoms with E-state index in [-0.39, 0.29) is 11.2 Å². The summed E-state index contributed by atoms with van der Waals surface area (Å²) in [7, 11) is 1.60. The summed E-state index contributed by atoms with van der Waals surface area (Å²) in [4.78, 5) is 12.3. The van der Waals surface area contributed by atoms with Gasteiger partial charge in [0.25, 0.3) is 0 Å². The first-order valence-corrected chi connectivity index (χ1v) is 6.71. The number of benzene rings is 1. The predicted octanol–water partition coefficient (Wildman–Crippen LogP) is 3.17. The van der Waals surface area contributed by atoms with Crippen LogP contribution in [0.1, 0.15) is 50.5 Å². The molecule has 0 fully saturated rings. The van der Waals surface area contributed by atoms with Crippen molar-refractivity contribution < 1.29 is 9.53 Å². The Hall–Kier alpha value is -1.35. The van der Waals surface area contributed by atoms with E-state index in [4.69, 9.17) is 4.74 Å². The van der Waals surface area contributed by atoms with Gasteiger partial charge >= 0.3 is 0 Å². The second kappa shape index (κ2) is 6.20. The lowest BCUT2D eigenvalue weighted by molar-refractivity contribution is 0.0985. The summed E-state index contributed by atoms with van der Waals surface area (Å²) in [6.45, 7) is 10.8. The number of ketones is 1. The van der Waals surface area contributed by atoms with Gasteiger partial charge in [0.2, 0.25) is 0 Å². The third-order valence-electron chi connectivity index (χ3n) is 3.04. The lowest BCUT2D eigenvalue weighted by Gasteiger charge is -2.21. The number of Topliss-reactive ketones (excluding diaryl/α,β-unsaturated/α-hetero) is 1. The minimum atomic E-state index is 0.0206. The molecule has 0 radical (unpaired) electrons. The number of carbonyl (C=O) groups is 1. The number of carbonyl (C=O) groups excluding carboxylic acids is 1. The summed E-state index contributed by atoms with van der Waals surface area (Å²) in [5, 5.41) is 3.15. The van der Waals surface area contributed by atoms with Gasteiger partial charge in [-0.15, -0.1) is 0 Å². The van der Waals surface area contributed by atoms with E-state index >= 15 is 0 Å². The first-order valence-electron chi connectivity index (χ1n) is 6.71. The fourth-order valence-corrected chi connectivity index (χ4v) is 1.78. The van der Waals surface area contributed by atoms with Crippen molar-refractivity contribution in [2.75, 3.05) is 13.7 Å². The van der Waals surface area contributed by atoms with Crippen LogP contribution in [0.25, 0.3) is 0 Å². The molecule has 0 aromatic heterocycles. The Bertz CT molecular complexity index is 445. The summed E-state index contributed by atoms with van der Waals surface area (Å²) >= 11 is 0. The van der Waals surface area contributed by atoms with Crippen LogP contribution in [-0.4, -0.2) is 25.5 Å². The van der Waals surface area contributed by atoms with Crippen molar-refractivity contribution in [1.82, 2.24) is 5.32 Å². The van der Waals surface area contributed by atoms with Crippen LogP contribution >= 0.6 is 0 Å². The molecule has 19 heavy (non-hydrogen) atoms. The van der Waals surface area contributed by atoms with Gasteiger partial charge < -0.3 is 10.1 Å². The monoisotopic (exact) mass is 263 g/mol. The van der Waals surface area contributed by atoms with Gasteiger partial charge in [-0.2, -0.15) is 0 Å². The van der Waals surface area contributed by atoms with E-state index in [1.807, 2.05) is 32.0 Å². The molecule has 0 spiro atoms. The lowest BCUT2D eigenvalue weighted by Crippen LogP contribution is -2.29. The van der Waals surface area contributed by atoms with Crippen molar-refractivity contribution in [2.24, 2.45) is 0 Å². The highest BCUT2D eigenvalue weighted by molar-refractivity contribution is 6.00. The number of nitrogens with one attached hydrogen (secondary N) is 1. The molecule has 0 amide bonds. The van der Waals surface area contributed by atoms with Gasteiger partial charge in [-0.05, 0) is 23.1 Å². The third-order valence-corrected chi connectivity index (χ3v) is 3.04. The van der Waals surface area contributed by atoms with Gasteiger partial charge in [0.1, 0.15) is 5.75 Å². The average molecular weight is 263 g/mol. The van der Waals surface area contributed by atoms with Crippen molar-refractivity contribution >= 4 is 5.78 Å². The molecule has 0 aliphatic heterocycles. The minimum Gasteiger partial charge on any atom is -0.496 e. The molecule has 1 aromatic carbocycles. The smallest absolute Gasteiger partial charge is 0.180 e. The molecular weight excluding hydrogens is 238 g/mol. The molecule has 0 bridgehead atoms. The van der Waals surface area contributed by atoms with Gasteiger partial charge in [0.05, 0.1) is 19.2 Å². The number of rotatable bonds is 5. The largest absolute Gasteiger partial charge is 0.496 e. The SMILES string of the molecule is COc1ccc(C(C)(C)C)cc1C(=O)CNC(C)C. The molecule has 0 aliphatic carbocycles. The van der Waals surface area contributed by atoms with Crippen LogP contribution in [0.4, 0.5) is 0 Å². The summed E-state index contributed by atoms with van der Waals surface area (Å²) in [5.41, 5.74) is 1.82. The Kier molecular flexibility index (Phi) is 5.12. The van der Waals surface area contributed by atoms with Crippen molar-refractivity contribution in [1.29, 1.82) is 0 Å². The van der Waals surface area contributed by atoms with Gasteiger partial charge in [0, 0.05) is 6.04 Å². The zero-order valence-electron chi connectivity index (χ0n) is 12.8. The first-order chi connectivity index (χ1) is 8.75. The van der Waals surface area contributed by atoms with Gasteiger partial charge in [-0.3, -0.25) is 4.79 Å². The predicted molar refractivity (Wildman–Crippen MR) is 79.2 cm³/mol. The molecule has 0 saturated heterocycles. The van der Waals surface area contributed by atoms with Gasteiger partial charge in [-0.1, -0.05) is 40.7 Å². The molecular formula is C16H25NO2. The Morgan fingerprint density at radius 2 is 1.95 bits per heavy atom. The van der Waals surface area contributed by atoms with Gasteiger partial charge in [-0.25, -0.2) is 0 Å². The molecule has 1 N–H and O–H groups in total. The zero-order chi connectivity index (χ0) is 14.6. The van der Waals surface area contributed by atoms with Crippen molar-refractivity contribution in [2.45, 2.75) is 46.1 Å². The van der Waals surface area contributed by atoms with Crippen LogP contribution < -0.4 is 10.1 Å². The highest BCUT2D eigenvalue weighted by Crippen LogP contribution is 2.28. The molecule has 0 saturated carbocycles. The number of hydrogen-bond acceptors (Lipinski definition) is 3.